The second-order valence-corrected chi connectivity index (χ2v) is 9.61. The molecule has 0 aliphatic carbocycles. The topological polar surface area (TPSA) is 173 Å². The lowest BCUT2D eigenvalue weighted by molar-refractivity contribution is 0.0287. The van der Waals surface area contributed by atoms with Gasteiger partial charge in [0.05, 0.1) is 50.1 Å². The van der Waals surface area contributed by atoms with Crippen LogP contribution < -0.4 is 21.7 Å². The predicted molar refractivity (Wildman–Crippen MR) is 153 cm³/mol. The predicted octanol–water partition coefficient (Wildman–Crippen LogP) is 3.36. The first-order chi connectivity index (χ1) is 19.1. The molecule has 40 heavy (non-hydrogen) atoms. The van der Waals surface area contributed by atoms with Crippen molar-refractivity contribution in [3.05, 3.63) is 58.3 Å². The van der Waals surface area contributed by atoms with Gasteiger partial charge in [0, 0.05) is 24.0 Å². The Balaban J connectivity index is 2.15. The lowest BCUT2D eigenvalue weighted by Crippen LogP contribution is -2.35. The number of amidine groups is 1. The summed E-state index contributed by atoms with van der Waals surface area (Å²) in [5.74, 6) is 0.613. The molecule has 1 unspecified atom stereocenters. The molecule has 0 amide bonds. The quantitative estimate of drug-likeness (QED) is 0.218. The highest BCUT2D eigenvalue weighted by Crippen LogP contribution is 2.37. The molecule has 3 rings (SSSR count). The number of rotatable bonds is 10. The Morgan fingerprint density at radius 2 is 2.05 bits per heavy atom. The number of halogens is 1. The van der Waals surface area contributed by atoms with Gasteiger partial charge in [0.1, 0.15) is 11.6 Å². The molecule has 0 saturated heterocycles. The van der Waals surface area contributed by atoms with Crippen LogP contribution in [0, 0.1) is 5.82 Å². The molecule has 2 atom stereocenters. The van der Waals surface area contributed by atoms with Gasteiger partial charge < -0.3 is 26.4 Å². The Morgan fingerprint density at radius 1 is 1.30 bits per heavy atom. The fraction of sp³-hybridized carbons (Fsp3) is 0.429. The number of ether oxygens (including phenoxy) is 1. The fourth-order valence-corrected chi connectivity index (χ4v) is 4.10. The minimum absolute atomic E-state index is 0.117. The van der Waals surface area contributed by atoms with Crippen molar-refractivity contribution in [3.63, 3.8) is 0 Å². The van der Waals surface area contributed by atoms with Crippen molar-refractivity contribution in [2.75, 3.05) is 26.1 Å². The number of anilines is 1. The Hall–Kier alpha value is -3.87. The van der Waals surface area contributed by atoms with Crippen LogP contribution in [0.1, 0.15) is 58.6 Å². The molecule has 0 spiro atoms. The first-order valence-electron chi connectivity index (χ1n) is 13.0. The molecule has 7 N–H and O–H groups in total. The van der Waals surface area contributed by atoms with E-state index in [0.29, 0.717) is 40.6 Å². The van der Waals surface area contributed by atoms with Crippen LogP contribution in [0.4, 0.5) is 10.2 Å². The standard InChI is InChI=1S/C28H38FN7O4/c1-6-16(4)25(30)33-22-12-21(34-27(24(22)15(2)3)36-40-10-9-18(38)14-37)19-8-7-17(29)11-20(19)23-13-32-26(31)28(35-23)39-5/h7-8,11,13,18,21,37-38H,6,9-10,12,14,30H2,1-5H3,(H2,31,32)(H,34,36)/b25-16+,33-22-/t18?,21-/m1/s1. The molecule has 12 heteroatoms. The summed E-state index contributed by atoms with van der Waals surface area (Å²) in [5.41, 5.74) is 19.9. The summed E-state index contributed by atoms with van der Waals surface area (Å²) in [5, 5.41) is 18.8. The fourth-order valence-electron chi connectivity index (χ4n) is 4.10. The van der Waals surface area contributed by atoms with Gasteiger partial charge in [-0.1, -0.05) is 18.6 Å². The highest BCUT2D eigenvalue weighted by Gasteiger charge is 2.30. The van der Waals surface area contributed by atoms with E-state index in [1.807, 2.05) is 27.7 Å². The number of aliphatic hydroxyl groups is 2. The van der Waals surface area contributed by atoms with Crippen LogP contribution >= 0.6 is 0 Å². The van der Waals surface area contributed by atoms with Gasteiger partial charge in [0.15, 0.2) is 11.7 Å². The van der Waals surface area contributed by atoms with E-state index < -0.39 is 18.0 Å². The van der Waals surface area contributed by atoms with E-state index in [9.17, 15) is 9.50 Å². The molecule has 216 valence electrons. The van der Waals surface area contributed by atoms with Crippen molar-refractivity contribution < 1.29 is 24.2 Å². The zero-order valence-electron chi connectivity index (χ0n) is 23.5. The number of hydroxylamine groups is 1. The van der Waals surface area contributed by atoms with E-state index in [0.717, 1.165) is 23.1 Å². The number of hydrogen-bond acceptors (Lipinski definition) is 11. The number of aromatic nitrogens is 2. The number of aliphatic hydroxyl groups excluding tert-OH is 2. The van der Waals surface area contributed by atoms with Crippen LogP contribution in [0.25, 0.3) is 11.3 Å². The molecular formula is C28H38FN7O4. The number of allylic oxidation sites excluding steroid dienone is 2. The largest absolute Gasteiger partial charge is 0.478 e. The van der Waals surface area contributed by atoms with Crippen molar-refractivity contribution >= 4 is 17.4 Å². The first kappa shape index (κ1) is 30.7. The normalized spacial score (nSPS) is 17.8. The second-order valence-electron chi connectivity index (χ2n) is 9.61. The number of aliphatic imine (C=N–C) groups is 2. The van der Waals surface area contributed by atoms with Crippen LogP contribution in [0.2, 0.25) is 0 Å². The number of hydrogen-bond donors (Lipinski definition) is 5. The maximum atomic E-state index is 14.5. The molecule has 2 heterocycles. The molecule has 0 fully saturated rings. The van der Waals surface area contributed by atoms with Gasteiger partial charge in [0.2, 0.25) is 0 Å². The second kappa shape index (κ2) is 14.0. The highest BCUT2D eigenvalue weighted by molar-refractivity contribution is 6.25. The summed E-state index contributed by atoms with van der Waals surface area (Å²) in [7, 11) is 1.43. The van der Waals surface area contributed by atoms with Crippen molar-refractivity contribution in [1.82, 2.24) is 15.4 Å². The summed E-state index contributed by atoms with van der Waals surface area (Å²) in [4.78, 5) is 23.9. The molecule has 2 aromatic rings. The van der Waals surface area contributed by atoms with Gasteiger partial charge >= 0.3 is 0 Å². The first-order valence-corrected chi connectivity index (χ1v) is 13.0. The van der Waals surface area contributed by atoms with Crippen molar-refractivity contribution in [3.8, 4) is 17.1 Å². The zero-order chi connectivity index (χ0) is 29.4. The summed E-state index contributed by atoms with van der Waals surface area (Å²) in [6, 6.07) is 3.86. The summed E-state index contributed by atoms with van der Waals surface area (Å²) in [6.07, 6.45) is 1.89. The number of nitrogen functional groups attached to an aromatic ring is 1. The molecule has 1 aromatic carbocycles. The minimum Gasteiger partial charge on any atom is -0.478 e. The lowest BCUT2D eigenvalue weighted by Gasteiger charge is -2.28. The average Bonchev–Trinajstić information content (AvgIpc) is 2.94. The Kier molecular flexibility index (Phi) is 10.7. The van der Waals surface area contributed by atoms with E-state index in [1.165, 1.54) is 25.4 Å². The number of nitrogens with one attached hydrogen (secondary N) is 1. The monoisotopic (exact) mass is 555 g/mol. The highest BCUT2D eigenvalue weighted by atomic mass is 19.1. The van der Waals surface area contributed by atoms with Crippen molar-refractivity contribution in [2.45, 2.75) is 59.1 Å². The Morgan fingerprint density at radius 3 is 2.70 bits per heavy atom. The SMILES string of the molecule is CC/C(C)=C(N)/N=C1/C[C@H](c2ccc(F)cc2-c2cnc(N)c(OC)n2)N=C(NOCCC(O)CO)C1=C(C)C. The molecule has 1 aliphatic heterocycles. The maximum absolute atomic E-state index is 14.5. The third kappa shape index (κ3) is 7.40. The maximum Gasteiger partial charge on any atom is 0.257 e. The van der Waals surface area contributed by atoms with Crippen molar-refractivity contribution in [2.24, 2.45) is 15.7 Å². The van der Waals surface area contributed by atoms with Gasteiger partial charge in [-0.25, -0.2) is 24.8 Å². The summed E-state index contributed by atoms with van der Waals surface area (Å²) in [6.45, 7) is 7.55. The number of methoxy groups -OCH3 is 1. The van der Waals surface area contributed by atoms with Crippen LogP contribution in [-0.2, 0) is 4.84 Å². The van der Waals surface area contributed by atoms with Gasteiger partial charge in [-0.15, -0.1) is 0 Å². The van der Waals surface area contributed by atoms with E-state index in [1.54, 1.807) is 6.07 Å². The van der Waals surface area contributed by atoms with Gasteiger partial charge in [-0.2, -0.15) is 0 Å². The number of nitrogens with zero attached hydrogens (tertiary/aromatic N) is 4. The number of benzene rings is 1. The van der Waals surface area contributed by atoms with E-state index >= 15 is 0 Å². The van der Waals surface area contributed by atoms with E-state index in [-0.39, 0.29) is 31.3 Å². The van der Waals surface area contributed by atoms with Crippen LogP contribution in [0.15, 0.2) is 56.9 Å². The van der Waals surface area contributed by atoms with Crippen LogP contribution in [0.5, 0.6) is 5.88 Å². The molecule has 11 nitrogen and oxygen atoms in total. The van der Waals surface area contributed by atoms with E-state index in [4.69, 9.17) is 36.1 Å². The minimum atomic E-state index is -0.898. The molecule has 1 aromatic heterocycles. The lowest BCUT2D eigenvalue weighted by atomic mass is 9.88. The Labute approximate surface area is 233 Å². The molecule has 0 radical (unpaired) electrons. The third-order valence-electron chi connectivity index (χ3n) is 6.46. The van der Waals surface area contributed by atoms with E-state index in [2.05, 4.69) is 15.4 Å². The van der Waals surface area contributed by atoms with Crippen LogP contribution in [0.3, 0.4) is 0 Å². The molecule has 1 aliphatic rings. The molecule has 0 saturated carbocycles. The smallest absolute Gasteiger partial charge is 0.257 e. The zero-order valence-corrected chi connectivity index (χ0v) is 23.5. The third-order valence-corrected chi connectivity index (χ3v) is 6.46. The average molecular weight is 556 g/mol. The van der Waals surface area contributed by atoms with Gasteiger partial charge in [0.25, 0.3) is 5.88 Å². The van der Waals surface area contributed by atoms with Gasteiger partial charge in [-0.3, -0.25) is 9.83 Å². The molecule has 0 bridgehead atoms. The number of nitrogens with two attached hydrogens (primary N) is 2. The Bertz CT molecular complexity index is 1340. The van der Waals surface area contributed by atoms with Crippen molar-refractivity contribution in [1.29, 1.82) is 0 Å². The van der Waals surface area contributed by atoms with Crippen LogP contribution in [-0.4, -0.2) is 58.2 Å². The van der Waals surface area contributed by atoms with Gasteiger partial charge in [-0.05, 0) is 50.5 Å². The molecular weight excluding hydrogens is 517 g/mol. The summed E-state index contributed by atoms with van der Waals surface area (Å²) < 4.78 is 19.7. The summed E-state index contributed by atoms with van der Waals surface area (Å²) >= 11 is 0.